The van der Waals surface area contributed by atoms with Crippen LogP contribution in [-0.2, 0) is 4.74 Å². The van der Waals surface area contributed by atoms with E-state index in [1.807, 2.05) is 25.1 Å². The van der Waals surface area contributed by atoms with Crippen molar-refractivity contribution in [2.24, 2.45) is 4.99 Å². The molecule has 0 bridgehead atoms. The van der Waals surface area contributed by atoms with Crippen LogP contribution in [0.25, 0.3) is 10.2 Å². The number of amides is 1. The number of aliphatic hydroxyl groups is 2. The summed E-state index contributed by atoms with van der Waals surface area (Å²) >= 11 is 1.57. The molecule has 4 atom stereocenters. The number of aliphatic imine (C=N–C) groups is 1. The van der Waals surface area contributed by atoms with Crippen molar-refractivity contribution in [3.8, 4) is 0 Å². The minimum atomic E-state index is -1.09. The Labute approximate surface area is 204 Å². The van der Waals surface area contributed by atoms with Crippen molar-refractivity contribution >= 4 is 45.3 Å². The van der Waals surface area contributed by atoms with Gasteiger partial charge < -0.3 is 25.6 Å². The molecule has 4 unspecified atom stereocenters. The van der Waals surface area contributed by atoms with Gasteiger partial charge in [0, 0.05) is 18.2 Å². The molecule has 0 radical (unpaired) electrons. The van der Waals surface area contributed by atoms with Gasteiger partial charge in [0.1, 0.15) is 30.5 Å². The number of fused-ring (bicyclic) bond motifs is 1. The number of aliphatic hydroxyl groups excluding tert-OH is 2. The van der Waals surface area contributed by atoms with E-state index in [1.165, 1.54) is 10.9 Å². The molecule has 0 spiro atoms. The number of thiazole rings is 1. The first kappa shape index (κ1) is 23.5. The summed E-state index contributed by atoms with van der Waals surface area (Å²) in [6.45, 7) is 1.52. The normalized spacial score (nSPS) is 24.9. The molecule has 3 heterocycles. The van der Waals surface area contributed by atoms with Crippen LogP contribution in [0.2, 0.25) is 0 Å². The molecule has 1 aliphatic heterocycles. The van der Waals surface area contributed by atoms with Gasteiger partial charge in [-0.25, -0.2) is 14.7 Å². The van der Waals surface area contributed by atoms with E-state index >= 15 is 0 Å². The predicted molar refractivity (Wildman–Crippen MR) is 130 cm³/mol. The highest BCUT2D eigenvalue weighted by molar-refractivity contribution is 7.18. The molecule has 5 rings (SSSR count). The number of hydrogen-bond donors (Lipinski definition) is 5. The standard InChI is InChI=1S/C22H26N8O4S/c1-11-25-14-5-4-13(6-19(14)35-11)26-21(24-10-23)17-7-16(20(32)18(9-31)34-17)30-8-15(28-29-30)22(33)27-12-2-3-12/h4-6,8,10,12,16-18,20,31-32H,2-3,7,9H2,1H3,(H,27,33)(H2,23,24,26). The van der Waals surface area contributed by atoms with Gasteiger partial charge in [0.2, 0.25) is 0 Å². The first-order chi connectivity index (χ1) is 16.9. The molecule has 35 heavy (non-hydrogen) atoms. The molecular formula is C22H26N8O4S. The number of nitrogens with zero attached hydrogens (tertiary/aromatic N) is 5. The molecule has 1 saturated heterocycles. The van der Waals surface area contributed by atoms with Crippen LogP contribution in [0.5, 0.6) is 0 Å². The van der Waals surface area contributed by atoms with Crippen LogP contribution in [0.1, 0.15) is 40.8 Å². The van der Waals surface area contributed by atoms with Crippen LogP contribution < -0.4 is 10.6 Å². The number of aryl methyl sites for hydroxylation is 1. The number of nitrogens with one attached hydrogen (secondary N) is 3. The summed E-state index contributed by atoms with van der Waals surface area (Å²) in [7, 11) is 0. The number of benzene rings is 1. The third-order valence-electron chi connectivity index (χ3n) is 6.02. The lowest BCUT2D eigenvalue weighted by Crippen LogP contribution is -2.51. The third kappa shape index (κ3) is 5.07. The van der Waals surface area contributed by atoms with E-state index in [0.717, 1.165) is 40.1 Å². The summed E-state index contributed by atoms with van der Waals surface area (Å²) in [6.07, 6.45) is 1.84. The van der Waals surface area contributed by atoms with Gasteiger partial charge in [-0.1, -0.05) is 5.21 Å². The number of carbonyl (C=O) groups is 1. The Kier molecular flexibility index (Phi) is 6.56. The fourth-order valence-corrected chi connectivity index (χ4v) is 4.97. The van der Waals surface area contributed by atoms with Gasteiger partial charge in [-0.15, -0.1) is 16.4 Å². The van der Waals surface area contributed by atoms with Crippen molar-refractivity contribution in [2.45, 2.75) is 56.6 Å². The summed E-state index contributed by atoms with van der Waals surface area (Å²) < 4.78 is 8.38. The third-order valence-corrected chi connectivity index (χ3v) is 6.95. The SMILES string of the molecule is Cc1nc2ccc(N/C(=N\C=N)C3CC(n4cc(C(=O)NC5CC5)nn4)C(O)C(CO)O3)cc2s1. The molecule has 1 amide bonds. The van der Waals surface area contributed by atoms with Crippen molar-refractivity contribution in [1.82, 2.24) is 25.3 Å². The lowest BCUT2D eigenvalue weighted by Gasteiger charge is -2.38. The van der Waals surface area contributed by atoms with E-state index in [2.05, 4.69) is 30.9 Å². The van der Waals surface area contributed by atoms with E-state index < -0.39 is 31.0 Å². The highest BCUT2D eigenvalue weighted by atomic mass is 32.1. The Hall–Kier alpha value is -3.26. The Bertz CT molecular complexity index is 1270. The number of anilines is 1. The summed E-state index contributed by atoms with van der Waals surface area (Å²) in [5.74, 6) is 0.0414. The van der Waals surface area contributed by atoms with Crippen molar-refractivity contribution in [3.63, 3.8) is 0 Å². The molecule has 1 saturated carbocycles. The summed E-state index contributed by atoms with van der Waals surface area (Å²) in [6, 6.07) is 5.26. The highest BCUT2D eigenvalue weighted by Crippen LogP contribution is 2.31. The zero-order valence-electron chi connectivity index (χ0n) is 19.0. The minimum Gasteiger partial charge on any atom is -0.394 e. The van der Waals surface area contributed by atoms with Crippen LogP contribution in [0.15, 0.2) is 29.4 Å². The molecule has 2 fully saturated rings. The van der Waals surface area contributed by atoms with Crippen LogP contribution in [-0.4, -0.2) is 79.2 Å². The average molecular weight is 499 g/mol. The van der Waals surface area contributed by atoms with Crippen molar-refractivity contribution in [1.29, 1.82) is 5.41 Å². The van der Waals surface area contributed by atoms with Crippen LogP contribution in [0, 0.1) is 12.3 Å². The number of aromatic nitrogens is 4. The first-order valence-electron chi connectivity index (χ1n) is 11.3. The van der Waals surface area contributed by atoms with Crippen molar-refractivity contribution in [3.05, 3.63) is 35.1 Å². The fraction of sp³-hybridized carbons (Fsp3) is 0.455. The smallest absolute Gasteiger partial charge is 0.273 e. The van der Waals surface area contributed by atoms with Gasteiger partial charge in [-0.05, 0) is 38.0 Å². The highest BCUT2D eigenvalue weighted by Gasteiger charge is 2.41. The van der Waals surface area contributed by atoms with E-state index in [0.29, 0.717) is 5.84 Å². The van der Waals surface area contributed by atoms with Gasteiger partial charge in [-0.3, -0.25) is 10.2 Å². The summed E-state index contributed by atoms with van der Waals surface area (Å²) in [5.41, 5.74) is 1.80. The molecule has 184 valence electrons. The number of rotatable bonds is 7. The van der Waals surface area contributed by atoms with Crippen LogP contribution >= 0.6 is 11.3 Å². The van der Waals surface area contributed by atoms with Gasteiger partial charge in [0.25, 0.3) is 5.91 Å². The van der Waals surface area contributed by atoms with Crippen LogP contribution in [0.4, 0.5) is 5.69 Å². The Morgan fingerprint density at radius 1 is 1.43 bits per heavy atom. The lowest BCUT2D eigenvalue weighted by molar-refractivity contribution is -0.137. The van der Waals surface area contributed by atoms with E-state index in [1.54, 1.807) is 11.3 Å². The molecule has 5 N–H and O–H groups in total. The second kappa shape index (κ2) is 9.77. The maximum absolute atomic E-state index is 12.3. The Morgan fingerprint density at radius 3 is 3.00 bits per heavy atom. The second-order valence-electron chi connectivity index (χ2n) is 8.65. The van der Waals surface area contributed by atoms with E-state index in [9.17, 15) is 15.0 Å². The zero-order chi connectivity index (χ0) is 24.5. The number of hydrogen-bond acceptors (Lipinski definition) is 9. The molecule has 2 aliphatic rings. The van der Waals surface area contributed by atoms with Gasteiger partial charge in [-0.2, -0.15) is 0 Å². The fourth-order valence-electron chi connectivity index (χ4n) is 4.11. The Balaban J connectivity index is 1.37. The number of amidine groups is 1. The first-order valence-corrected chi connectivity index (χ1v) is 12.1. The largest absolute Gasteiger partial charge is 0.394 e. The molecule has 1 aliphatic carbocycles. The molecule has 2 aromatic heterocycles. The lowest BCUT2D eigenvalue weighted by atomic mass is 9.94. The van der Waals surface area contributed by atoms with Gasteiger partial charge in [0.05, 0.1) is 34.1 Å². The number of ether oxygens (including phenoxy) is 1. The minimum absolute atomic E-state index is 0.160. The monoisotopic (exact) mass is 498 g/mol. The van der Waals surface area contributed by atoms with Crippen molar-refractivity contribution in [2.75, 3.05) is 11.9 Å². The van der Waals surface area contributed by atoms with E-state index in [4.69, 9.17) is 10.1 Å². The molecular weight excluding hydrogens is 472 g/mol. The molecule has 12 nitrogen and oxygen atoms in total. The summed E-state index contributed by atoms with van der Waals surface area (Å²) in [5, 5.41) is 43.3. The van der Waals surface area contributed by atoms with E-state index in [-0.39, 0.29) is 24.1 Å². The zero-order valence-corrected chi connectivity index (χ0v) is 19.8. The van der Waals surface area contributed by atoms with Crippen molar-refractivity contribution < 1.29 is 19.7 Å². The maximum Gasteiger partial charge on any atom is 0.273 e. The summed E-state index contributed by atoms with van der Waals surface area (Å²) in [4.78, 5) is 21.0. The Morgan fingerprint density at radius 2 is 2.26 bits per heavy atom. The molecule has 3 aromatic rings. The molecule has 1 aromatic carbocycles. The molecule has 13 heteroatoms. The van der Waals surface area contributed by atoms with Gasteiger partial charge >= 0.3 is 0 Å². The van der Waals surface area contributed by atoms with Gasteiger partial charge in [0.15, 0.2) is 5.69 Å². The number of carbonyl (C=O) groups excluding carboxylic acids is 1. The average Bonchev–Trinajstić information content (AvgIpc) is 3.37. The second-order valence-corrected chi connectivity index (χ2v) is 9.89. The maximum atomic E-state index is 12.3. The quantitative estimate of drug-likeness (QED) is 0.239. The predicted octanol–water partition coefficient (Wildman–Crippen LogP) is 1.26. The topological polar surface area (TPSA) is 171 Å². The van der Waals surface area contributed by atoms with Crippen LogP contribution in [0.3, 0.4) is 0 Å².